The Morgan fingerprint density at radius 3 is 2.53 bits per heavy atom. The summed E-state index contributed by atoms with van der Waals surface area (Å²) in [6.07, 6.45) is 9.43. The molecule has 1 aliphatic carbocycles. The minimum Gasteiger partial charge on any atom is -0.340 e. The molecule has 0 spiro atoms. The van der Waals surface area contributed by atoms with Gasteiger partial charge in [0, 0.05) is 23.0 Å². The van der Waals surface area contributed by atoms with Crippen LogP contribution in [0.4, 0.5) is 17.5 Å². The molecule has 1 aromatic carbocycles. The maximum absolute atomic E-state index is 12.6. The standard InChI is InChI=1S/C21H20N6O2S3/c1-30-21-25-18(17-15-5-2-3-6-16(15)31-19(17)26-21)24-13-7-9-14(10-8-13)32(28,29)27-20-22-11-4-12-23-20/h4,7-12H,2-3,5-6H2,1H3,(H,22,23,27)(H,24,25,26). The first kappa shape index (κ1) is 21.1. The van der Waals surface area contributed by atoms with Gasteiger partial charge in [-0.05, 0) is 67.8 Å². The summed E-state index contributed by atoms with van der Waals surface area (Å²) in [5.41, 5.74) is 2.10. The fourth-order valence-corrected chi connectivity index (χ4v) is 6.35. The molecular formula is C21H20N6O2S3. The number of thioether (sulfide) groups is 1. The van der Waals surface area contributed by atoms with E-state index in [1.807, 2.05) is 6.26 Å². The summed E-state index contributed by atoms with van der Waals surface area (Å²) < 4.78 is 27.6. The molecule has 0 fully saturated rings. The van der Waals surface area contributed by atoms with Crippen molar-refractivity contribution < 1.29 is 8.42 Å². The van der Waals surface area contributed by atoms with Crippen molar-refractivity contribution in [3.63, 3.8) is 0 Å². The van der Waals surface area contributed by atoms with Crippen molar-refractivity contribution in [3.8, 4) is 0 Å². The van der Waals surface area contributed by atoms with Crippen LogP contribution in [-0.4, -0.2) is 34.6 Å². The zero-order valence-corrected chi connectivity index (χ0v) is 19.6. The van der Waals surface area contributed by atoms with E-state index in [1.54, 1.807) is 41.7 Å². The van der Waals surface area contributed by atoms with Gasteiger partial charge in [0.1, 0.15) is 10.6 Å². The van der Waals surface area contributed by atoms with Crippen LogP contribution in [0.25, 0.3) is 10.2 Å². The van der Waals surface area contributed by atoms with Gasteiger partial charge in [-0.1, -0.05) is 11.8 Å². The van der Waals surface area contributed by atoms with Gasteiger partial charge in [0.25, 0.3) is 10.0 Å². The van der Waals surface area contributed by atoms with Crippen molar-refractivity contribution in [2.24, 2.45) is 0 Å². The lowest BCUT2D eigenvalue weighted by Crippen LogP contribution is -2.14. The number of rotatable bonds is 6. The summed E-state index contributed by atoms with van der Waals surface area (Å²) in [5, 5.41) is 5.19. The van der Waals surface area contributed by atoms with E-state index in [4.69, 9.17) is 9.97 Å². The van der Waals surface area contributed by atoms with E-state index < -0.39 is 10.0 Å². The number of benzene rings is 1. The molecule has 0 saturated heterocycles. The maximum Gasteiger partial charge on any atom is 0.264 e. The quantitative estimate of drug-likeness (QED) is 0.301. The second-order valence-electron chi connectivity index (χ2n) is 7.28. The molecule has 1 aliphatic rings. The van der Waals surface area contributed by atoms with Crippen molar-refractivity contribution >= 4 is 60.8 Å². The topological polar surface area (TPSA) is 110 Å². The zero-order chi connectivity index (χ0) is 22.1. The van der Waals surface area contributed by atoms with Crippen molar-refractivity contribution in [2.75, 3.05) is 16.3 Å². The number of hydrogen-bond acceptors (Lipinski definition) is 9. The highest BCUT2D eigenvalue weighted by molar-refractivity contribution is 7.98. The lowest BCUT2D eigenvalue weighted by molar-refractivity contribution is 0.601. The van der Waals surface area contributed by atoms with Gasteiger partial charge in [-0.15, -0.1) is 11.3 Å². The van der Waals surface area contributed by atoms with Crippen LogP contribution < -0.4 is 10.0 Å². The molecule has 4 aromatic rings. The van der Waals surface area contributed by atoms with Gasteiger partial charge in [0.15, 0.2) is 5.16 Å². The van der Waals surface area contributed by atoms with E-state index in [2.05, 4.69) is 20.0 Å². The fraction of sp³-hybridized carbons (Fsp3) is 0.238. The van der Waals surface area contributed by atoms with Crippen molar-refractivity contribution in [3.05, 3.63) is 53.2 Å². The highest BCUT2D eigenvalue weighted by Crippen LogP contribution is 2.40. The predicted octanol–water partition coefficient (Wildman–Crippen LogP) is 4.63. The Labute approximate surface area is 194 Å². The number of anilines is 3. The molecule has 5 rings (SSSR count). The number of fused-ring (bicyclic) bond motifs is 3. The molecule has 0 saturated carbocycles. The molecule has 2 N–H and O–H groups in total. The summed E-state index contributed by atoms with van der Waals surface area (Å²) in [7, 11) is -3.78. The number of thiophene rings is 1. The molecule has 0 bridgehead atoms. The summed E-state index contributed by atoms with van der Waals surface area (Å²) in [4.78, 5) is 19.8. The Morgan fingerprint density at radius 1 is 1.03 bits per heavy atom. The summed E-state index contributed by atoms with van der Waals surface area (Å²) in [6.45, 7) is 0. The number of hydrogen-bond donors (Lipinski definition) is 2. The minimum atomic E-state index is -3.78. The molecule has 11 heteroatoms. The summed E-state index contributed by atoms with van der Waals surface area (Å²) in [5.74, 6) is 0.801. The van der Waals surface area contributed by atoms with Crippen molar-refractivity contribution in [1.29, 1.82) is 0 Å². The van der Waals surface area contributed by atoms with Crippen LogP contribution >= 0.6 is 23.1 Å². The number of sulfonamides is 1. The molecule has 0 amide bonds. The Balaban J connectivity index is 1.45. The molecule has 0 radical (unpaired) electrons. The van der Waals surface area contributed by atoms with Crippen LogP contribution in [0, 0.1) is 0 Å². The molecule has 3 heterocycles. The second-order valence-corrected chi connectivity index (χ2v) is 10.8. The zero-order valence-electron chi connectivity index (χ0n) is 17.2. The van der Waals surface area contributed by atoms with Gasteiger partial charge < -0.3 is 5.32 Å². The van der Waals surface area contributed by atoms with Crippen LogP contribution in [0.2, 0.25) is 0 Å². The Bertz CT molecular complexity index is 1370. The first-order valence-corrected chi connectivity index (χ1v) is 13.6. The fourth-order valence-electron chi connectivity index (χ4n) is 3.70. The van der Waals surface area contributed by atoms with Gasteiger partial charge >= 0.3 is 0 Å². The number of aromatic nitrogens is 4. The van der Waals surface area contributed by atoms with Gasteiger partial charge in [0.2, 0.25) is 5.95 Å². The molecule has 8 nitrogen and oxygen atoms in total. The van der Waals surface area contributed by atoms with Crippen LogP contribution in [0.1, 0.15) is 23.3 Å². The third-order valence-electron chi connectivity index (χ3n) is 5.20. The molecule has 0 aliphatic heterocycles. The first-order valence-electron chi connectivity index (χ1n) is 10.1. The van der Waals surface area contributed by atoms with Gasteiger partial charge in [0.05, 0.1) is 10.3 Å². The predicted molar refractivity (Wildman–Crippen MR) is 128 cm³/mol. The van der Waals surface area contributed by atoms with Gasteiger partial charge in [-0.25, -0.2) is 33.1 Å². The van der Waals surface area contributed by atoms with Crippen LogP contribution in [0.3, 0.4) is 0 Å². The van der Waals surface area contributed by atoms with E-state index >= 15 is 0 Å². The highest BCUT2D eigenvalue weighted by Gasteiger charge is 2.21. The lowest BCUT2D eigenvalue weighted by Gasteiger charge is -2.13. The second kappa shape index (κ2) is 8.64. The third kappa shape index (κ3) is 4.15. The average Bonchev–Trinajstić information content (AvgIpc) is 3.18. The van der Waals surface area contributed by atoms with Crippen LogP contribution in [0.5, 0.6) is 0 Å². The smallest absolute Gasteiger partial charge is 0.264 e. The Morgan fingerprint density at radius 2 is 1.78 bits per heavy atom. The van der Waals surface area contributed by atoms with Crippen molar-refractivity contribution in [2.45, 2.75) is 35.7 Å². The normalized spacial score (nSPS) is 13.7. The molecule has 0 unspecified atom stereocenters. The Kier molecular flexibility index (Phi) is 5.70. The van der Waals surface area contributed by atoms with Crippen LogP contribution in [0.15, 0.2) is 52.8 Å². The van der Waals surface area contributed by atoms with Crippen molar-refractivity contribution in [1.82, 2.24) is 19.9 Å². The summed E-state index contributed by atoms with van der Waals surface area (Å²) >= 11 is 3.26. The number of aryl methyl sites for hydroxylation is 2. The largest absolute Gasteiger partial charge is 0.340 e. The van der Waals surface area contributed by atoms with E-state index in [1.165, 1.54) is 47.4 Å². The van der Waals surface area contributed by atoms with Gasteiger partial charge in [-0.2, -0.15) is 0 Å². The van der Waals surface area contributed by atoms with Gasteiger partial charge in [-0.3, -0.25) is 0 Å². The molecule has 32 heavy (non-hydrogen) atoms. The number of nitrogens with zero attached hydrogens (tertiary/aromatic N) is 4. The maximum atomic E-state index is 12.6. The molecule has 164 valence electrons. The Hall–Kier alpha value is -2.76. The van der Waals surface area contributed by atoms with E-state index in [-0.39, 0.29) is 10.8 Å². The molecular weight excluding hydrogens is 464 g/mol. The van der Waals surface area contributed by atoms with E-state index in [9.17, 15) is 8.42 Å². The summed E-state index contributed by atoms with van der Waals surface area (Å²) in [6, 6.07) is 8.17. The first-order chi connectivity index (χ1) is 15.5. The lowest BCUT2D eigenvalue weighted by atomic mass is 9.97. The molecule has 3 aromatic heterocycles. The van der Waals surface area contributed by atoms with Crippen LogP contribution in [-0.2, 0) is 22.9 Å². The monoisotopic (exact) mass is 484 g/mol. The number of nitrogens with one attached hydrogen (secondary N) is 2. The SMILES string of the molecule is CSc1nc(Nc2ccc(S(=O)(=O)Nc3ncccn3)cc2)c2c3c(sc2n1)CCCC3. The molecule has 0 atom stereocenters. The minimum absolute atomic E-state index is 0.0323. The highest BCUT2D eigenvalue weighted by atomic mass is 32.2. The van der Waals surface area contributed by atoms with E-state index in [0.717, 1.165) is 34.6 Å². The third-order valence-corrected chi connectivity index (χ3v) is 8.27. The average molecular weight is 485 g/mol. The van der Waals surface area contributed by atoms with E-state index in [0.29, 0.717) is 5.16 Å².